The van der Waals surface area contributed by atoms with Gasteiger partial charge in [0.1, 0.15) is 0 Å². The number of nitrogens with one attached hydrogen (secondary N) is 1. The van der Waals surface area contributed by atoms with Crippen LogP contribution in [0.4, 0.5) is 0 Å². The maximum Gasteiger partial charge on any atom is 0.356 e. The van der Waals surface area contributed by atoms with Crippen molar-refractivity contribution in [2.45, 2.75) is 6.54 Å². The lowest BCUT2D eigenvalue weighted by Gasteiger charge is -2.26. The Morgan fingerprint density at radius 3 is 2.69 bits per heavy atom. The van der Waals surface area contributed by atoms with Crippen LogP contribution in [0, 0.1) is 0 Å². The topological polar surface area (TPSA) is 78.3 Å². The number of hydrogen-bond donors (Lipinski definition) is 2. The Morgan fingerprint density at radius 1 is 1.38 bits per heavy atom. The van der Waals surface area contributed by atoms with Crippen molar-refractivity contribution in [2.24, 2.45) is 0 Å². The molecule has 0 amide bonds. The Morgan fingerprint density at radius 2 is 2.12 bits per heavy atom. The summed E-state index contributed by atoms with van der Waals surface area (Å²) in [6.07, 6.45) is 2.84. The first kappa shape index (κ1) is 11.0. The van der Waals surface area contributed by atoms with Gasteiger partial charge in [0.05, 0.1) is 18.1 Å². The van der Waals surface area contributed by atoms with E-state index in [4.69, 9.17) is 5.11 Å². The van der Waals surface area contributed by atoms with Crippen molar-refractivity contribution < 1.29 is 9.90 Å². The summed E-state index contributed by atoms with van der Waals surface area (Å²) >= 11 is 0. The highest BCUT2D eigenvalue weighted by Gasteiger charge is 2.11. The Bertz CT molecular complexity index is 360. The Hall–Kier alpha value is -1.53. The SMILES string of the molecule is O=C(O)c1cnc(CN2CCNCC2)cn1. The van der Waals surface area contributed by atoms with Gasteiger partial charge in [-0.1, -0.05) is 0 Å². The molecule has 0 atom stereocenters. The van der Waals surface area contributed by atoms with Crippen LogP contribution in [0.1, 0.15) is 16.2 Å². The Kier molecular flexibility index (Phi) is 3.43. The predicted octanol–water partition coefficient (Wildman–Crippen LogP) is -0.420. The molecule has 16 heavy (non-hydrogen) atoms. The molecule has 2 N–H and O–H groups in total. The largest absolute Gasteiger partial charge is 0.476 e. The zero-order valence-corrected chi connectivity index (χ0v) is 8.89. The maximum absolute atomic E-state index is 10.6. The summed E-state index contributed by atoms with van der Waals surface area (Å²) in [6.45, 7) is 4.68. The molecule has 1 fully saturated rings. The number of rotatable bonds is 3. The van der Waals surface area contributed by atoms with Gasteiger partial charge in [0.15, 0.2) is 5.69 Å². The molecule has 0 bridgehead atoms. The summed E-state index contributed by atoms with van der Waals surface area (Å²) in [5.41, 5.74) is 0.802. The van der Waals surface area contributed by atoms with Gasteiger partial charge in [-0.25, -0.2) is 9.78 Å². The third-order valence-corrected chi connectivity index (χ3v) is 2.52. The number of carboxylic acids is 1. The van der Waals surface area contributed by atoms with Crippen LogP contribution in [0.25, 0.3) is 0 Å². The predicted molar refractivity (Wildman–Crippen MR) is 57.1 cm³/mol. The molecule has 0 aromatic carbocycles. The van der Waals surface area contributed by atoms with E-state index < -0.39 is 5.97 Å². The van der Waals surface area contributed by atoms with Gasteiger partial charge in [-0.15, -0.1) is 0 Å². The van der Waals surface area contributed by atoms with Crippen LogP contribution in [-0.2, 0) is 6.54 Å². The summed E-state index contributed by atoms with van der Waals surface area (Å²) in [5.74, 6) is -1.04. The molecule has 86 valence electrons. The molecule has 0 spiro atoms. The lowest BCUT2D eigenvalue weighted by Crippen LogP contribution is -2.43. The van der Waals surface area contributed by atoms with Gasteiger partial charge in [-0.3, -0.25) is 9.88 Å². The van der Waals surface area contributed by atoms with Gasteiger partial charge in [-0.2, -0.15) is 0 Å². The van der Waals surface area contributed by atoms with Crippen LogP contribution >= 0.6 is 0 Å². The van der Waals surface area contributed by atoms with E-state index in [1.54, 1.807) is 0 Å². The van der Waals surface area contributed by atoms with Crippen molar-refractivity contribution in [3.8, 4) is 0 Å². The van der Waals surface area contributed by atoms with Crippen molar-refractivity contribution >= 4 is 5.97 Å². The number of hydrogen-bond acceptors (Lipinski definition) is 5. The molecule has 1 aromatic rings. The quantitative estimate of drug-likeness (QED) is 0.723. The van der Waals surface area contributed by atoms with Crippen LogP contribution in [0.3, 0.4) is 0 Å². The number of piperazine rings is 1. The zero-order valence-electron chi connectivity index (χ0n) is 8.89. The van der Waals surface area contributed by atoms with Gasteiger partial charge in [0.2, 0.25) is 0 Å². The first-order valence-corrected chi connectivity index (χ1v) is 5.23. The first-order valence-electron chi connectivity index (χ1n) is 5.23. The number of aromatic nitrogens is 2. The molecule has 0 saturated carbocycles. The summed E-state index contributed by atoms with van der Waals surface area (Å²) in [5, 5.41) is 11.9. The van der Waals surface area contributed by atoms with Crippen molar-refractivity contribution in [3.63, 3.8) is 0 Å². The molecular formula is C10H14N4O2. The molecule has 6 nitrogen and oxygen atoms in total. The molecule has 1 aliphatic heterocycles. The van der Waals surface area contributed by atoms with E-state index in [2.05, 4.69) is 20.2 Å². The van der Waals surface area contributed by atoms with Gasteiger partial charge in [0.25, 0.3) is 0 Å². The second-order valence-corrected chi connectivity index (χ2v) is 3.72. The molecule has 2 rings (SSSR count). The van der Waals surface area contributed by atoms with E-state index in [9.17, 15) is 4.79 Å². The highest BCUT2D eigenvalue weighted by molar-refractivity contribution is 5.84. The van der Waals surface area contributed by atoms with Crippen LogP contribution in [-0.4, -0.2) is 52.1 Å². The van der Waals surface area contributed by atoms with Crippen molar-refractivity contribution in [3.05, 3.63) is 23.8 Å². The number of carboxylic acid groups (broad SMARTS) is 1. The van der Waals surface area contributed by atoms with Crippen LogP contribution in [0.5, 0.6) is 0 Å². The second-order valence-electron chi connectivity index (χ2n) is 3.72. The highest BCUT2D eigenvalue weighted by atomic mass is 16.4. The summed E-state index contributed by atoms with van der Waals surface area (Å²) < 4.78 is 0. The standard InChI is InChI=1S/C10H14N4O2/c15-10(16)9-6-12-8(5-13-9)7-14-3-1-11-2-4-14/h5-6,11H,1-4,7H2,(H,15,16). The minimum absolute atomic E-state index is 0.0101. The minimum Gasteiger partial charge on any atom is -0.476 e. The smallest absolute Gasteiger partial charge is 0.356 e. The van der Waals surface area contributed by atoms with E-state index >= 15 is 0 Å². The van der Waals surface area contributed by atoms with Gasteiger partial charge in [0, 0.05) is 32.7 Å². The maximum atomic E-state index is 10.6. The van der Waals surface area contributed by atoms with Crippen molar-refractivity contribution in [2.75, 3.05) is 26.2 Å². The van der Waals surface area contributed by atoms with E-state index in [0.717, 1.165) is 38.4 Å². The van der Waals surface area contributed by atoms with E-state index in [1.165, 1.54) is 12.4 Å². The lowest BCUT2D eigenvalue weighted by molar-refractivity contribution is 0.0690. The highest BCUT2D eigenvalue weighted by Crippen LogP contribution is 2.02. The molecule has 6 heteroatoms. The van der Waals surface area contributed by atoms with Gasteiger partial charge < -0.3 is 10.4 Å². The molecule has 0 unspecified atom stereocenters. The summed E-state index contributed by atoms with van der Waals surface area (Å²) in [7, 11) is 0. The molecule has 1 aromatic heterocycles. The molecule has 2 heterocycles. The van der Waals surface area contributed by atoms with E-state index in [0.29, 0.717) is 0 Å². The van der Waals surface area contributed by atoms with Gasteiger partial charge >= 0.3 is 5.97 Å². The Labute approximate surface area is 93.3 Å². The molecular weight excluding hydrogens is 208 g/mol. The average molecular weight is 222 g/mol. The fourth-order valence-electron chi connectivity index (χ4n) is 1.65. The first-order chi connectivity index (χ1) is 7.75. The fraction of sp³-hybridized carbons (Fsp3) is 0.500. The monoisotopic (exact) mass is 222 g/mol. The summed E-state index contributed by atoms with van der Waals surface area (Å²) in [6, 6.07) is 0. The fourth-order valence-corrected chi connectivity index (χ4v) is 1.65. The van der Waals surface area contributed by atoms with Crippen LogP contribution in [0.2, 0.25) is 0 Å². The minimum atomic E-state index is -1.04. The lowest BCUT2D eigenvalue weighted by atomic mass is 10.3. The van der Waals surface area contributed by atoms with E-state index in [-0.39, 0.29) is 5.69 Å². The summed E-state index contributed by atoms with van der Waals surface area (Å²) in [4.78, 5) is 20.8. The third-order valence-electron chi connectivity index (χ3n) is 2.52. The number of nitrogens with zero attached hydrogens (tertiary/aromatic N) is 3. The average Bonchev–Trinajstić information content (AvgIpc) is 2.31. The van der Waals surface area contributed by atoms with Crippen LogP contribution < -0.4 is 5.32 Å². The van der Waals surface area contributed by atoms with E-state index in [1.807, 2.05) is 0 Å². The number of carbonyl (C=O) groups is 1. The molecule has 0 radical (unpaired) electrons. The molecule has 1 aliphatic rings. The molecule has 1 saturated heterocycles. The Balaban J connectivity index is 1.96. The number of aromatic carboxylic acids is 1. The van der Waals surface area contributed by atoms with Crippen LogP contribution in [0.15, 0.2) is 12.4 Å². The molecule has 0 aliphatic carbocycles. The second kappa shape index (κ2) is 5.00. The third kappa shape index (κ3) is 2.74. The zero-order chi connectivity index (χ0) is 11.4. The van der Waals surface area contributed by atoms with Crippen molar-refractivity contribution in [1.29, 1.82) is 0 Å². The normalized spacial score (nSPS) is 17.2. The van der Waals surface area contributed by atoms with Crippen molar-refractivity contribution in [1.82, 2.24) is 20.2 Å². The van der Waals surface area contributed by atoms with Gasteiger partial charge in [-0.05, 0) is 0 Å².